The molecule has 1 aromatic carbocycles. The summed E-state index contributed by atoms with van der Waals surface area (Å²) in [5, 5.41) is 14.6. The molecule has 118 valence electrons. The Kier molecular flexibility index (Phi) is 3.73. The fourth-order valence-corrected chi connectivity index (χ4v) is 2.58. The van der Waals surface area contributed by atoms with Crippen molar-refractivity contribution in [3.63, 3.8) is 0 Å². The highest BCUT2D eigenvalue weighted by atomic mass is 16.4. The molecule has 0 fully saturated rings. The van der Waals surface area contributed by atoms with E-state index in [4.69, 9.17) is 4.42 Å². The average Bonchev–Trinajstić information content (AvgIpc) is 2.55. The van der Waals surface area contributed by atoms with Gasteiger partial charge in [-0.05, 0) is 6.42 Å². The number of nitrogens with zero attached hydrogens (tertiary/aromatic N) is 2. The highest BCUT2D eigenvalue weighted by molar-refractivity contribution is 5.92. The van der Waals surface area contributed by atoms with E-state index in [0.29, 0.717) is 24.1 Å². The van der Waals surface area contributed by atoms with E-state index in [1.54, 1.807) is 12.1 Å². The molecular formula is C17H16N2O4. The number of aryl methyl sites for hydroxylation is 1. The number of hydrogen-bond donors (Lipinski definition) is 1. The fourth-order valence-electron chi connectivity index (χ4n) is 2.58. The van der Waals surface area contributed by atoms with Crippen molar-refractivity contribution in [1.29, 1.82) is 0 Å². The van der Waals surface area contributed by atoms with Gasteiger partial charge in [0.2, 0.25) is 0 Å². The Hall–Kier alpha value is -2.89. The smallest absolute Gasteiger partial charge is 0.343 e. The molecule has 0 atom stereocenters. The van der Waals surface area contributed by atoms with Crippen LogP contribution in [0.1, 0.15) is 18.9 Å². The fraction of sp³-hybridized carbons (Fsp3) is 0.235. The summed E-state index contributed by atoms with van der Waals surface area (Å²) in [5.41, 5.74) is 0.0448. The van der Waals surface area contributed by atoms with Crippen molar-refractivity contribution in [2.75, 3.05) is 0 Å². The summed E-state index contributed by atoms with van der Waals surface area (Å²) in [5.74, 6) is -0.307. The second-order valence-corrected chi connectivity index (χ2v) is 5.31. The van der Waals surface area contributed by atoms with Crippen molar-refractivity contribution in [2.24, 2.45) is 7.05 Å². The summed E-state index contributed by atoms with van der Waals surface area (Å²) in [4.78, 5) is 24.5. The van der Waals surface area contributed by atoms with Crippen LogP contribution in [0.5, 0.6) is 5.75 Å². The maximum atomic E-state index is 12.4. The minimum Gasteiger partial charge on any atom is -0.506 e. The summed E-state index contributed by atoms with van der Waals surface area (Å²) < 4.78 is 6.50. The molecule has 0 spiro atoms. The van der Waals surface area contributed by atoms with Gasteiger partial charge >= 0.3 is 5.63 Å². The number of aromatic nitrogens is 2. The first kappa shape index (κ1) is 15.0. The van der Waals surface area contributed by atoms with Gasteiger partial charge in [0.15, 0.2) is 5.58 Å². The van der Waals surface area contributed by atoms with Crippen LogP contribution < -0.4 is 11.2 Å². The van der Waals surface area contributed by atoms with Crippen LogP contribution >= 0.6 is 0 Å². The molecule has 0 aliphatic rings. The minimum atomic E-state index is -0.635. The molecule has 0 saturated heterocycles. The van der Waals surface area contributed by atoms with Gasteiger partial charge in [0, 0.05) is 12.6 Å². The third kappa shape index (κ3) is 2.42. The molecule has 3 rings (SSSR count). The third-order valence-corrected chi connectivity index (χ3v) is 3.71. The normalized spacial score (nSPS) is 11.0. The van der Waals surface area contributed by atoms with Crippen LogP contribution in [0.15, 0.2) is 44.3 Å². The topological polar surface area (TPSA) is 85.3 Å². The van der Waals surface area contributed by atoms with Crippen LogP contribution in [0.25, 0.3) is 22.2 Å². The van der Waals surface area contributed by atoms with Crippen LogP contribution in [-0.2, 0) is 13.5 Å². The zero-order chi connectivity index (χ0) is 16.6. The molecule has 2 heterocycles. The Balaban J connectivity index is 2.48. The standard InChI is InChI=1S/C17H16N2O4/c1-3-7-11-14(20)12-15(23-17(11)22)13(18-19(2)16(12)21)10-8-5-4-6-9-10/h4-6,8-9,20H,3,7H2,1-2H3. The largest absolute Gasteiger partial charge is 0.506 e. The molecule has 0 bridgehead atoms. The summed E-state index contributed by atoms with van der Waals surface area (Å²) in [7, 11) is 1.50. The molecule has 6 heteroatoms. The number of benzene rings is 1. The van der Waals surface area contributed by atoms with E-state index in [0.717, 1.165) is 4.68 Å². The van der Waals surface area contributed by atoms with Crippen molar-refractivity contribution in [2.45, 2.75) is 19.8 Å². The summed E-state index contributed by atoms with van der Waals surface area (Å²) in [6, 6.07) is 9.07. The molecule has 3 aromatic rings. The minimum absolute atomic E-state index is 0.00981. The summed E-state index contributed by atoms with van der Waals surface area (Å²) >= 11 is 0. The van der Waals surface area contributed by atoms with E-state index in [9.17, 15) is 14.7 Å². The van der Waals surface area contributed by atoms with Gasteiger partial charge in [-0.15, -0.1) is 0 Å². The molecule has 0 radical (unpaired) electrons. The lowest BCUT2D eigenvalue weighted by Gasteiger charge is -2.10. The third-order valence-electron chi connectivity index (χ3n) is 3.71. The maximum Gasteiger partial charge on any atom is 0.343 e. The molecule has 6 nitrogen and oxygen atoms in total. The lowest BCUT2D eigenvalue weighted by atomic mass is 10.1. The highest BCUT2D eigenvalue weighted by Crippen LogP contribution is 2.30. The maximum absolute atomic E-state index is 12.4. The van der Waals surface area contributed by atoms with Gasteiger partial charge in [-0.3, -0.25) is 4.79 Å². The van der Waals surface area contributed by atoms with Crippen LogP contribution in [0.2, 0.25) is 0 Å². The van der Waals surface area contributed by atoms with E-state index in [-0.39, 0.29) is 22.3 Å². The first-order valence-electron chi connectivity index (χ1n) is 7.36. The predicted molar refractivity (Wildman–Crippen MR) is 86.6 cm³/mol. The number of aromatic hydroxyl groups is 1. The zero-order valence-electron chi connectivity index (χ0n) is 12.9. The molecule has 0 aliphatic heterocycles. The quantitative estimate of drug-likeness (QED) is 0.801. The Morgan fingerprint density at radius 1 is 1.22 bits per heavy atom. The second kappa shape index (κ2) is 5.72. The summed E-state index contributed by atoms with van der Waals surface area (Å²) in [6.45, 7) is 1.88. The molecule has 2 aromatic heterocycles. The van der Waals surface area contributed by atoms with Crippen LogP contribution in [0.3, 0.4) is 0 Å². The Morgan fingerprint density at radius 2 is 1.91 bits per heavy atom. The molecular weight excluding hydrogens is 296 g/mol. The molecule has 23 heavy (non-hydrogen) atoms. The van der Waals surface area contributed by atoms with Crippen molar-refractivity contribution >= 4 is 11.0 Å². The van der Waals surface area contributed by atoms with Gasteiger partial charge in [-0.1, -0.05) is 43.7 Å². The van der Waals surface area contributed by atoms with Gasteiger partial charge in [-0.25, -0.2) is 9.48 Å². The molecule has 0 saturated carbocycles. The molecule has 0 unspecified atom stereocenters. The van der Waals surface area contributed by atoms with Crippen molar-refractivity contribution in [3.8, 4) is 17.0 Å². The Morgan fingerprint density at radius 3 is 2.57 bits per heavy atom. The van der Waals surface area contributed by atoms with Gasteiger partial charge in [-0.2, -0.15) is 5.10 Å². The van der Waals surface area contributed by atoms with Crippen molar-refractivity contribution in [1.82, 2.24) is 9.78 Å². The lowest BCUT2D eigenvalue weighted by molar-refractivity contribution is 0.453. The van der Waals surface area contributed by atoms with E-state index < -0.39 is 11.2 Å². The van der Waals surface area contributed by atoms with Crippen molar-refractivity contribution in [3.05, 3.63) is 56.7 Å². The number of rotatable bonds is 3. The number of hydrogen-bond acceptors (Lipinski definition) is 5. The van der Waals surface area contributed by atoms with Gasteiger partial charge < -0.3 is 9.52 Å². The van der Waals surface area contributed by atoms with E-state index >= 15 is 0 Å². The van der Waals surface area contributed by atoms with E-state index in [1.165, 1.54) is 7.05 Å². The Labute approximate surface area is 131 Å². The molecule has 0 aliphatic carbocycles. The zero-order valence-corrected chi connectivity index (χ0v) is 12.9. The molecule has 1 N–H and O–H groups in total. The Bertz CT molecular complexity index is 987. The monoisotopic (exact) mass is 312 g/mol. The van der Waals surface area contributed by atoms with Crippen LogP contribution in [-0.4, -0.2) is 14.9 Å². The van der Waals surface area contributed by atoms with Gasteiger partial charge in [0.25, 0.3) is 5.56 Å². The van der Waals surface area contributed by atoms with Crippen LogP contribution in [0, 0.1) is 0 Å². The highest BCUT2D eigenvalue weighted by Gasteiger charge is 2.21. The van der Waals surface area contributed by atoms with E-state index in [1.807, 2.05) is 25.1 Å². The lowest BCUT2D eigenvalue weighted by Crippen LogP contribution is -2.22. The first-order valence-corrected chi connectivity index (χ1v) is 7.36. The van der Waals surface area contributed by atoms with Gasteiger partial charge in [0.05, 0.1) is 5.56 Å². The predicted octanol–water partition coefficient (Wildman–Crippen LogP) is 2.21. The number of fused-ring (bicyclic) bond motifs is 1. The SMILES string of the molecule is CCCc1c(O)c2c(=O)n(C)nc(-c3ccccc3)c2oc1=O. The van der Waals surface area contributed by atoms with Crippen LogP contribution in [0.4, 0.5) is 0 Å². The van der Waals surface area contributed by atoms with E-state index in [2.05, 4.69) is 5.10 Å². The summed E-state index contributed by atoms with van der Waals surface area (Å²) in [6.07, 6.45) is 0.997. The van der Waals surface area contributed by atoms with Crippen molar-refractivity contribution < 1.29 is 9.52 Å². The average molecular weight is 312 g/mol. The first-order chi connectivity index (χ1) is 11.0. The molecule has 0 amide bonds. The van der Waals surface area contributed by atoms with Gasteiger partial charge in [0.1, 0.15) is 16.8 Å². The second-order valence-electron chi connectivity index (χ2n) is 5.31.